The lowest BCUT2D eigenvalue weighted by atomic mass is 10.2. The average Bonchev–Trinajstić information content (AvgIpc) is 2.41. The van der Waals surface area contributed by atoms with Crippen molar-refractivity contribution in [2.45, 2.75) is 6.04 Å². The number of primary amides is 1. The number of hydrogen-bond donors (Lipinski definition) is 5. The van der Waals surface area contributed by atoms with E-state index in [0.717, 1.165) is 0 Å². The van der Waals surface area contributed by atoms with E-state index < -0.39 is 12.1 Å². The molecule has 106 valence electrons. The molecule has 0 aliphatic carbocycles. The second-order valence-corrected chi connectivity index (χ2v) is 4.29. The zero-order chi connectivity index (χ0) is 14.5. The minimum Gasteiger partial charge on any atom is -0.353 e. The first-order valence-corrected chi connectivity index (χ1v) is 6.02. The van der Waals surface area contributed by atoms with E-state index in [4.69, 9.17) is 5.73 Å². The van der Waals surface area contributed by atoms with Crippen LogP contribution in [0.3, 0.4) is 0 Å². The fourth-order valence-electron chi connectivity index (χ4n) is 1.76. The van der Waals surface area contributed by atoms with Gasteiger partial charge in [0.1, 0.15) is 6.04 Å². The van der Waals surface area contributed by atoms with Gasteiger partial charge in [-0.3, -0.25) is 14.9 Å². The minimum atomic E-state index is -0.649. The first-order valence-electron chi connectivity index (χ1n) is 6.02. The number of anilines is 2. The van der Waals surface area contributed by atoms with Gasteiger partial charge in [0.15, 0.2) is 0 Å². The quantitative estimate of drug-likeness (QED) is 0.496. The average molecular weight is 277 g/mol. The van der Waals surface area contributed by atoms with Crippen molar-refractivity contribution in [3.8, 4) is 0 Å². The van der Waals surface area contributed by atoms with E-state index in [-0.39, 0.29) is 24.9 Å². The maximum Gasteiger partial charge on any atom is 0.316 e. The standard InChI is InChI=1S/C12H15N5O3/c13-12(20)17-8-3-1-7(2-4-8)16-11(19)9-5-15-10(18)6-14-9/h1-4,9,14H,5-6H2,(H,15,18)(H,16,19)(H3,13,17,20). The summed E-state index contributed by atoms with van der Waals surface area (Å²) in [5, 5.41) is 10.6. The molecule has 1 aliphatic rings. The monoisotopic (exact) mass is 277 g/mol. The van der Waals surface area contributed by atoms with Crippen molar-refractivity contribution in [2.75, 3.05) is 23.7 Å². The smallest absolute Gasteiger partial charge is 0.316 e. The lowest BCUT2D eigenvalue weighted by Crippen LogP contribution is -2.56. The Kier molecular flexibility index (Phi) is 4.16. The lowest BCUT2D eigenvalue weighted by Gasteiger charge is -2.23. The Bertz CT molecular complexity index is 518. The van der Waals surface area contributed by atoms with E-state index >= 15 is 0 Å². The predicted octanol–water partition coefficient (Wildman–Crippen LogP) is -0.796. The summed E-state index contributed by atoms with van der Waals surface area (Å²) >= 11 is 0. The molecule has 1 fully saturated rings. The van der Waals surface area contributed by atoms with Gasteiger partial charge < -0.3 is 21.7 Å². The molecule has 4 amide bonds. The highest BCUT2D eigenvalue weighted by atomic mass is 16.2. The van der Waals surface area contributed by atoms with Crippen LogP contribution in [-0.2, 0) is 9.59 Å². The fourth-order valence-corrected chi connectivity index (χ4v) is 1.76. The molecule has 1 aliphatic heterocycles. The maximum atomic E-state index is 11.9. The summed E-state index contributed by atoms with van der Waals surface area (Å²) in [4.78, 5) is 33.6. The Balaban J connectivity index is 1.91. The van der Waals surface area contributed by atoms with Crippen molar-refractivity contribution in [3.05, 3.63) is 24.3 Å². The van der Waals surface area contributed by atoms with Crippen LogP contribution in [0.1, 0.15) is 0 Å². The number of benzene rings is 1. The zero-order valence-corrected chi connectivity index (χ0v) is 10.6. The Morgan fingerprint density at radius 1 is 1.15 bits per heavy atom. The van der Waals surface area contributed by atoms with Crippen molar-refractivity contribution in [3.63, 3.8) is 0 Å². The van der Waals surface area contributed by atoms with E-state index in [0.29, 0.717) is 11.4 Å². The molecule has 20 heavy (non-hydrogen) atoms. The van der Waals surface area contributed by atoms with Crippen LogP contribution < -0.4 is 27.0 Å². The number of nitrogens with one attached hydrogen (secondary N) is 4. The molecule has 2 rings (SSSR count). The fraction of sp³-hybridized carbons (Fsp3) is 0.250. The van der Waals surface area contributed by atoms with E-state index in [1.54, 1.807) is 24.3 Å². The van der Waals surface area contributed by atoms with Gasteiger partial charge in [-0.15, -0.1) is 0 Å². The maximum absolute atomic E-state index is 11.9. The Morgan fingerprint density at radius 3 is 2.25 bits per heavy atom. The van der Waals surface area contributed by atoms with Crippen molar-refractivity contribution < 1.29 is 14.4 Å². The largest absolute Gasteiger partial charge is 0.353 e. The van der Waals surface area contributed by atoms with E-state index in [9.17, 15) is 14.4 Å². The summed E-state index contributed by atoms with van der Waals surface area (Å²) < 4.78 is 0. The molecule has 1 saturated heterocycles. The number of piperazine rings is 1. The number of nitrogens with two attached hydrogens (primary N) is 1. The van der Waals surface area contributed by atoms with Crippen molar-refractivity contribution >= 4 is 29.2 Å². The molecule has 0 bridgehead atoms. The van der Waals surface area contributed by atoms with Crippen LogP contribution >= 0.6 is 0 Å². The predicted molar refractivity (Wildman–Crippen MR) is 73.1 cm³/mol. The third kappa shape index (κ3) is 3.69. The second kappa shape index (κ2) is 6.02. The number of hydrogen-bond acceptors (Lipinski definition) is 4. The van der Waals surface area contributed by atoms with Gasteiger partial charge in [-0.1, -0.05) is 0 Å². The van der Waals surface area contributed by atoms with Crippen molar-refractivity contribution in [2.24, 2.45) is 5.73 Å². The van der Waals surface area contributed by atoms with Crippen LogP contribution in [0, 0.1) is 0 Å². The molecule has 0 aromatic heterocycles. The Hall–Kier alpha value is -2.61. The highest BCUT2D eigenvalue weighted by Gasteiger charge is 2.23. The molecular weight excluding hydrogens is 262 g/mol. The van der Waals surface area contributed by atoms with Crippen LogP contribution in [0.25, 0.3) is 0 Å². The van der Waals surface area contributed by atoms with Crippen molar-refractivity contribution in [1.82, 2.24) is 10.6 Å². The molecule has 0 saturated carbocycles. The first-order chi connectivity index (χ1) is 9.54. The minimum absolute atomic E-state index is 0.125. The molecule has 1 aromatic rings. The summed E-state index contributed by atoms with van der Waals surface area (Å²) in [5.41, 5.74) is 6.12. The number of carbonyl (C=O) groups excluding carboxylic acids is 3. The summed E-state index contributed by atoms with van der Waals surface area (Å²) in [5.74, 6) is -0.364. The van der Waals surface area contributed by atoms with Gasteiger partial charge in [0.2, 0.25) is 11.8 Å². The molecule has 1 atom stereocenters. The summed E-state index contributed by atoms with van der Waals surface area (Å²) in [6.07, 6.45) is 0. The van der Waals surface area contributed by atoms with E-state index in [1.807, 2.05) is 0 Å². The molecule has 1 aromatic carbocycles. The molecule has 8 nitrogen and oxygen atoms in total. The van der Waals surface area contributed by atoms with Gasteiger partial charge >= 0.3 is 6.03 Å². The summed E-state index contributed by atoms with van der Waals surface area (Å²) in [6.45, 7) is 0.380. The highest BCUT2D eigenvalue weighted by Crippen LogP contribution is 2.13. The zero-order valence-electron chi connectivity index (χ0n) is 10.6. The van der Waals surface area contributed by atoms with Gasteiger partial charge in [-0.2, -0.15) is 0 Å². The van der Waals surface area contributed by atoms with Crippen LogP contribution in [-0.4, -0.2) is 37.0 Å². The van der Waals surface area contributed by atoms with Gasteiger partial charge in [0.25, 0.3) is 0 Å². The molecule has 0 radical (unpaired) electrons. The molecular formula is C12H15N5O3. The van der Waals surface area contributed by atoms with Crippen molar-refractivity contribution in [1.29, 1.82) is 0 Å². The Morgan fingerprint density at radius 2 is 1.75 bits per heavy atom. The van der Waals surface area contributed by atoms with E-state index in [1.165, 1.54) is 0 Å². The van der Waals surface area contributed by atoms with Crippen LogP contribution in [0.4, 0.5) is 16.2 Å². The number of amides is 4. The second-order valence-electron chi connectivity index (χ2n) is 4.29. The molecule has 0 spiro atoms. The molecule has 6 N–H and O–H groups in total. The number of urea groups is 1. The van der Waals surface area contributed by atoms with Crippen LogP contribution in [0.15, 0.2) is 24.3 Å². The third-order valence-corrected chi connectivity index (χ3v) is 2.75. The summed E-state index contributed by atoms with van der Waals surface area (Å²) in [6, 6.07) is 5.42. The van der Waals surface area contributed by atoms with Crippen LogP contribution in [0.2, 0.25) is 0 Å². The topological polar surface area (TPSA) is 125 Å². The van der Waals surface area contributed by atoms with Gasteiger partial charge in [0.05, 0.1) is 6.54 Å². The first kappa shape index (κ1) is 13.8. The Labute approximate surface area is 115 Å². The normalized spacial score (nSPS) is 18.0. The van der Waals surface area contributed by atoms with Crippen LogP contribution in [0.5, 0.6) is 0 Å². The van der Waals surface area contributed by atoms with Gasteiger partial charge in [-0.05, 0) is 24.3 Å². The SMILES string of the molecule is NC(=O)Nc1ccc(NC(=O)C2CNC(=O)CN2)cc1. The molecule has 8 heteroatoms. The number of rotatable bonds is 3. The van der Waals surface area contributed by atoms with Gasteiger partial charge in [0, 0.05) is 17.9 Å². The lowest BCUT2D eigenvalue weighted by molar-refractivity contribution is -0.124. The van der Waals surface area contributed by atoms with Gasteiger partial charge in [-0.25, -0.2) is 4.79 Å². The molecule has 1 heterocycles. The number of carbonyl (C=O) groups is 3. The van der Waals surface area contributed by atoms with E-state index in [2.05, 4.69) is 21.3 Å². The third-order valence-electron chi connectivity index (χ3n) is 2.75. The molecule has 1 unspecified atom stereocenters. The summed E-state index contributed by atoms with van der Waals surface area (Å²) in [7, 11) is 0. The highest BCUT2D eigenvalue weighted by molar-refractivity contribution is 5.97.